The first-order chi connectivity index (χ1) is 18.9. The van der Waals surface area contributed by atoms with Gasteiger partial charge in [-0.1, -0.05) is 0 Å². The van der Waals surface area contributed by atoms with Crippen molar-refractivity contribution in [3.63, 3.8) is 0 Å². The van der Waals surface area contributed by atoms with Gasteiger partial charge in [0.25, 0.3) is 0 Å². The molecule has 2 unspecified atom stereocenters. The maximum absolute atomic E-state index is 12.1. The van der Waals surface area contributed by atoms with Gasteiger partial charge in [0.2, 0.25) is 6.93 Å². The zero-order chi connectivity index (χ0) is 28.6. The maximum Gasteiger partial charge on any atom is 0.463 e. The first-order valence-corrected chi connectivity index (χ1v) is 12.6. The summed E-state index contributed by atoms with van der Waals surface area (Å²) in [4.78, 5) is 15.9. The number of benzene rings is 2. The SMILES string of the molecule is CF.COc1ccc(OP(OCC2CCC(n3ccc(N)nc3=O)O2)Oc2ccc(OC)cc2)cc1.FCF. The molecule has 2 atom stereocenters. The van der Waals surface area contributed by atoms with Crippen LogP contribution in [-0.2, 0) is 9.26 Å². The monoisotopic (exact) mass is 573 g/mol. The highest BCUT2D eigenvalue weighted by atomic mass is 31.2. The topological polar surface area (TPSA) is 116 Å². The van der Waals surface area contributed by atoms with Gasteiger partial charge in [0, 0.05) is 6.20 Å². The lowest BCUT2D eigenvalue weighted by molar-refractivity contribution is -0.0210. The maximum atomic E-state index is 12.1. The van der Waals surface area contributed by atoms with Gasteiger partial charge in [-0.15, -0.1) is 0 Å². The Morgan fingerprint density at radius 1 is 0.923 bits per heavy atom. The number of methoxy groups -OCH3 is 2. The summed E-state index contributed by atoms with van der Waals surface area (Å²) in [7, 11) is 1.90. The van der Waals surface area contributed by atoms with Crippen LogP contribution in [0.3, 0.4) is 0 Å². The number of anilines is 1. The normalized spacial score (nSPS) is 15.9. The highest BCUT2D eigenvalue weighted by molar-refractivity contribution is 7.42. The Morgan fingerprint density at radius 3 is 1.87 bits per heavy atom. The van der Waals surface area contributed by atoms with Gasteiger partial charge in [0.05, 0.1) is 34.1 Å². The van der Waals surface area contributed by atoms with Crippen molar-refractivity contribution in [1.29, 1.82) is 0 Å². The van der Waals surface area contributed by atoms with Gasteiger partial charge in [-0.2, -0.15) is 4.98 Å². The van der Waals surface area contributed by atoms with Gasteiger partial charge in [0.1, 0.15) is 35.0 Å². The van der Waals surface area contributed by atoms with E-state index >= 15 is 0 Å². The largest absolute Gasteiger partial charge is 0.497 e. The smallest absolute Gasteiger partial charge is 0.463 e. The number of hydrogen-bond donors (Lipinski definition) is 1. The molecular formula is C25H31F3N3O7P. The molecule has 0 amide bonds. The fraction of sp³-hybridized carbons (Fsp3) is 0.360. The van der Waals surface area contributed by atoms with Gasteiger partial charge < -0.3 is 29.0 Å². The lowest BCUT2D eigenvalue weighted by atomic mass is 10.2. The van der Waals surface area contributed by atoms with E-state index in [9.17, 15) is 18.0 Å². The Kier molecular flexibility index (Phi) is 13.9. The minimum Gasteiger partial charge on any atom is -0.497 e. The summed E-state index contributed by atoms with van der Waals surface area (Å²) in [5.41, 5.74) is 5.12. The third kappa shape index (κ3) is 10.3. The molecule has 1 aliphatic heterocycles. The summed E-state index contributed by atoms with van der Waals surface area (Å²) in [6, 6.07) is 15.8. The molecule has 4 rings (SSSR count). The van der Waals surface area contributed by atoms with E-state index in [1.165, 1.54) is 4.57 Å². The zero-order valence-corrected chi connectivity index (χ0v) is 22.6. The second-order valence-electron chi connectivity index (χ2n) is 7.49. The second kappa shape index (κ2) is 17.1. The van der Waals surface area contributed by atoms with Crippen LogP contribution >= 0.6 is 8.60 Å². The first-order valence-electron chi connectivity index (χ1n) is 11.5. The molecule has 1 saturated heterocycles. The molecule has 0 spiro atoms. The molecule has 0 saturated carbocycles. The van der Waals surface area contributed by atoms with Crippen molar-refractivity contribution in [2.45, 2.75) is 25.2 Å². The Hall–Kier alpha value is -3.54. The van der Waals surface area contributed by atoms with Crippen LogP contribution in [-0.4, -0.2) is 50.6 Å². The summed E-state index contributed by atoms with van der Waals surface area (Å²) >= 11 is 0. The molecule has 214 valence electrons. The summed E-state index contributed by atoms with van der Waals surface area (Å²) in [5, 5.41) is 0. The van der Waals surface area contributed by atoms with Crippen LogP contribution < -0.4 is 29.9 Å². The molecule has 1 fully saturated rings. The van der Waals surface area contributed by atoms with Crippen molar-refractivity contribution < 1.29 is 41.0 Å². The Bertz CT molecular complexity index is 1110. The molecular weight excluding hydrogens is 542 g/mol. The molecule has 0 bridgehead atoms. The Labute approximate surface area is 225 Å². The highest BCUT2D eigenvalue weighted by Crippen LogP contribution is 2.43. The van der Waals surface area contributed by atoms with Gasteiger partial charge in [-0.3, -0.25) is 13.5 Å². The van der Waals surface area contributed by atoms with Crippen molar-refractivity contribution in [2.75, 3.05) is 40.7 Å². The van der Waals surface area contributed by atoms with Crippen LogP contribution in [0.5, 0.6) is 23.0 Å². The molecule has 39 heavy (non-hydrogen) atoms. The van der Waals surface area contributed by atoms with E-state index in [1.807, 2.05) is 0 Å². The molecule has 3 aromatic rings. The predicted octanol–water partition coefficient (Wildman–Crippen LogP) is 5.39. The number of nitrogens with zero attached hydrogens (tertiary/aromatic N) is 2. The molecule has 14 heteroatoms. The average molecular weight is 574 g/mol. The molecule has 1 aromatic heterocycles. The summed E-state index contributed by atoms with van der Waals surface area (Å²) in [6.45, 7) is -1.52. The minimum absolute atomic E-state index is 0.177. The number of rotatable bonds is 10. The molecule has 1 aliphatic rings. The van der Waals surface area contributed by atoms with Gasteiger partial charge in [-0.25, -0.2) is 13.6 Å². The Balaban J connectivity index is 0.000000998. The van der Waals surface area contributed by atoms with Crippen molar-refractivity contribution >= 4 is 14.4 Å². The molecule has 0 aliphatic carbocycles. The zero-order valence-electron chi connectivity index (χ0n) is 21.7. The summed E-state index contributed by atoms with van der Waals surface area (Å²) in [6.07, 6.45) is 2.28. The fourth-order valence-electron chi connectivity index (χ4n) is 3.32. The number of ether oxygens (including phenoxy) is 3. The van der Waals surface area contributed by atoms with Gasteiger partial charge in [-0.05, 0) is 67.4 Å². The van der Waals surface area contributed by atoms with Crippen LogP contribution in [0.4, 0.5) is 19.0 Å². The number of halogens is 3. The van der Waals surface area contributed by atoms with E-state index in [-0.39, 0.29) is 18.5 Å². The van der Waals surface area contributed by atoms with Crippen LogP contribution in [0.25, 0.3) is 0 Å². The van der Waals surface area contributed by atoms with Gasteiger partial charge in [0.15, 0.2) is 0 Å². The summed E-state index contributed by atoms with van der Waals surface area (Å²) in [5.74, 6) is 2.75. The molecule has 0 radical (unpaired) electrons. The van der Waals surface area contributed by atoms with Crippen LogP contribution in [0.2, 0.25) is 0 Å². The second-order valence-corrected chi connectivity index (χ2v) is 8.56. The van der Waals surface area contributed by atoms with E-state index in [4.69, 9.17) is 33.5 Å². The van der Waals surface area contributed by atoms with E-state index in [0.717, 1.165) is 0 Å². The lowest BCUT2D eigenvalue weighted by Crippen LogP contribution is -2.27. The number of nitrogens with two attached hydrogens (primary N) is 1. The van der Waals surface area contributed by atoms with Crippen LogP contribution in [0, 0.1) is 0 Å². The van der Waals surface area contributed by atoms with E-state index in [0.29, 0.717) is 43.0 Å². The minimum atomic E-state index is -1.80. The van der Waals surface area contributed by atoms with Crippen LogP contribution in [0.1, 0.15) is 19.1 Å². The Morgan fingerprint density at radius 2 is 1.41 bits per heavy atom. The molecule has 10 nitrogen and oxygen atoms in total. The number of nitrogen functional groups attached to an aromatic ring is 1. The number of aromatic nitrogens is 2. The van der Waals surface area contributed by atoms with Crippen molar-refractivity contribution in [1.82, 2.24) is 9.55 Å². The van der Waals surface area contributed by atoms with Crippen molar-refractivity contribution in [2.24, 2.45) is 0 Å². The quantitative estimate of drug-likeness (QED) is 0.319. The lowest BCUT2D eigenvalue weighted by Gasteiger charge is -2.20. The molecule has 2 N–H and O–H groups in total. The number of alkyl halides is 3. The first kappa shape index (κ1) is 31.7. The number of hydrogen-bond acceptors (Lipinski definition) is 9. The molecule has 2 heterocycles. The van der Waals surface area contributed by atoms with Crippen molar-refractivity contribution in [3.05, 3.63) is 71.3 Å². The highest BCUT2D eigenvalue weighted by Gasteiger charge is 2.30. The van der Waals surface area contributed by atoms with E-state index < -0.39 is 27.4 Å². The standard InChI is InChI=1S/C23H26N3O7P.CH2F2.CH3F/c1-28-16-3-7-18(8-4-16)32-34(33-19-9-5-17(29-2)6-10-19)30-15-20-11-12-22(31-20)26-14-13-21(24)25-23(26)27;2-1-3;1-2/h3-10,13-14,20,22H,11-12,15H2,1-2H3,(H2,24,25,27);1H2;1H3. The van der Waals surface area contributed by atoms with E-state index in [2.05, 4.69) is 4.98 Å². The van der Waals surface area contributed by atoms with Crippen LogP contribution in [0.15, 0.2) is 65.6 Å². The summed E-state index contributed by atoms with van der Waals surface area (Å²) < 4.78 is 64.5. The van der Waals surface area contributed by atoms with Crippen molar-refractivity contribution in [3.8, 4) is 23.0 Å². The van der Waals surface area contributed by atoms with E-state index in [1.54, 1.807) is 75.0 Å². The predicted molar refractivity (Wildman–Crippen MR) is 140 cm³/mol. The fourth-order valence-corrected chi connectivity index (χ4v) is 4.34. The van der Waals surface area contributed by atoms with Gasteiger partial charge >= 0.3 is 14.3 Å². The third-order valence-corrected chi connectivity index (χ3v) is 6.17. The average Bonchev–Trinajstić information content (AvgIpc) is 3.43. The molecule has 2 aromatic carbocycles. The third-order valence-electron chi connectivity index (χ3n) is 5.09.